The zero-order chi connectivity index (χ0) is 14.4. The van der Waals surface area contributed by atoms with E-state index in [9.17, 15) is 4.79 Å². The predicted octanol–water partition coefficient (Wildman–Crippen LogP) is 2.19. The van der Waals surface area contributed by atoms with Crippen molar-refractivity contribution >= 4 is 12.0 Å². The fourth-order valence-electron chi connectivity index (χ4n) is 2.19. The summed E-state index contributed by atoms with van der Waals surface area (Å²) in [6.45, 7) is 3.81. The van der Waals surface area contributed by atoms with E-state index in [0.29, 0.717) is 13.2 Å². The van der Waals surface area contributed by atoms with Gasteiger partial charge in [0.2, 0.25) is 0 Å². The summed E-state index contributed by atoms with van der Waals surface area (Å²) in [5.41, 5.74) is 3.34. The van der Waals surface area contributed by atoms with Gasteiger partial charge in [0, 0.05) is 6.54 Å². The standard InChI is InChI=1S/C16H18N2O2/c1-2-7-18-16(19)14(10-17)9-13-5-3-4-12-6-8-20-11-15(12)13/h3-5,9H,2,6-8,11H2,1H3,(H,18,19)/b14-9+. The molecule has 2 rings (SSSR count). The fourth-order valence-corrected chi connectivity index (χ4v) is 2.19. The summed E-state index contributed by atoms with van der Waals surface area (Å²) in [5, 5.41) is 11.9. The Hall–Kier alpha value is -2.12. The Bertz CT molecular complexity index is 570. The highest BCUT2D eigenvalue weighted by Gasteiger charge is 2.14. The van der Waals surface area contributed by atoms with Gasteiger partial charge in [-0.15, -0.1) is 0 Å². The third-order valence-corrected chi connectivity index (χ3v) is 3.27. The number of benzene rings is 1. The van der Waals surface area contributed by atoms with Gasteiger partial charge in [-0.25, -0.2) is 0 Å². The van der Waals surface area contributed by atoms with Crippen molar-refractivity contribution in [1.82, 2.24) is 5.32 Å². The first kappa shape index (κ1) is 14.3. The van der Waals surface area contributed by atoms with Crippen molar-refractivity contribution in [3.05, 3.63) is 40.5 Å². The van der Waals surface area contributed by atoms with Crippen LogP contribution in [0.3, 0.4) is 0 Å². The van der Waals surface area contributed by atoms with Gasteiger partial charge in [-0.1, -0.05) is 25.1 Å². The van der Waals surface area contributed by atoms with Crippen LogP contribution in [-0.4, -0.2) is 19.1 Å². The Labute approximate surface area is 119 Å². The number of carbonyl (C=O) groups is 1. The molecule has 0 bridgehead atoms. The lowest BCUT2D eigenvalue weighted by Gasteiger charge is -2.18. The minimum Gasteiger partial charge on any atom is -0.376 e. The number of fused-ring (bicyclic) bond motifs is 1. The summed E-state index contributed by atoms with van der Waals surface area (Å²) in [7, 11) is 0. The van der Waals surface area contributed by atoms with Gasteiger partial charge in [-0.3, -0.25) is 4.79 Å². The van der Waals surface area contributed by atoms with Gasteiger partial charge in [0.25, 0.3) is 5.91 Å². The lowest BCUT2D eigenvalue weighted by Crippen LogP contribution is -2.25. The van der Waals surface area contributed by atoms with E-state index in [-0.39, 0.29) is 11.5 Å². The minimum atomic E-state index is -0.316. The molecule has 0 aliphatic carbocycles. The average molecular weight is 270 g/mol. The molecular weight excluding hydrogens is 252 g/mol. The van der Waals surface area contributed by atoms with Gasteiger partial charge < -0.3 is 10.1 Å². The van der Waals surface area contributed by atoms with Crippen LogP contribution < -0.4 is 5.32 Å². The van der Waals surface area contributed by atoms with Crippen molar-refractivity contribution in [1.29, 1.82) is 5.26 Å². The lowest BCUT2D eigenvalue weighted by molar-refractivity contribution is -0.117. The van der Waals surface area contributed by atoms with Crippen LogP contribution in [0.15, 0.2) is 23.8 Å². The number of hydrogen-bond acceptors (Lipinski definition) is 3. The molecule has 0 atom stereocenters. The molecule has 1 N–H and O–H groups in total. The first-order valence-corrected chi connectivity index (χ1v) is 6.84. The predicted molar refractivity (Wildman–Crippen MR) is 76.7 cm³/mol. The number of nitriles is 1. The van der Waals surface area contributed by atoms with E-state index in [4.69, 9.17) is 10.00 Å². The Morgan fingerprint density at radius 2 is 2.40 bits per heavy atom. The SMILES string of the molecule is CCCNC(=O)/C(C#N)=C/c1cccc2c1COCC2. The third kappa shape index (κ3) is 3.25. The van der Waals surface area contributed by atoms with Gasteiger partial charge in [-0.2, -0.15) is 5.26 Å². The van der Waals surface area contributed by atoms with E-state index in [2.05, 4.69) is 11.4 Å². The number of nitrogens with zero attached hydrogens (tertiary/aromatic N) is 1. The van der Waals surface area contributed by atoms with Gasteiger partial charge >= 0.3 is 0 Å². The second kappa shape index (κ2) is 6.88. The Morgan fingerprint density at radius 3 is 3.15 bits per heavy atom. The summed E-state index contributed by atoms with van der Waals surface area (Å²) in [4.78, 5) is 11.9. The molecule has 0 spiro atoms. The summed E-state index contributed by atoms with van der Waals surface area (Å²) in [6, 6.07) is 7.91. The molecule has 1 heterocycles. The Morgan fingerprint density at radius 1 is 1.55 bits per heavy atom. The molecule has 1 amide bonds. The maximum absolute atomic E-state index is 11.9. The molecule has 0 saturated heterocycles. The van der Waals surface area contributed by atoms with Crippen LogP contribution in [-0.2, 0) is 22.6 Å². The maximum atomic E-state index is 11.9. The van der Waals surface area contributed by atoms with Crippen molar-refractivity contribution in [3.8, 4) is 6.07 Å². The molecule has 104 valence electrons. The zero-order valence-electron chi connectivity index (χ0n) is 11.6. The summed E-state index contributed by atoms with van der Waals surface area (Å²) in [5.74, 6) is -0.316. The number of nitrogens with one attached hydrogen (secondary N) is 1. The quantitative estimate of drug-likeness (QED) is 0.674. The Kier molecular flexibility index (Phi) is 4.91. The molecule has 1 aromatic carbocycles. The first-order valence-electron chi connectivity index (χ1n) is 6.84. The zero-order valence-corrected chi connectivity index (χ0v) is 11.6. The molecule has 1 aromatic rings. The van der Waals surface area contributed by atoms with E-state index in [1.54, 1.807) is 6.08 Å². The second-order valence-electron chi connectivity index (χ2n) is 4.71. The molecule has 4 nitrogen and oxygen atoms in total. The summed E-state index contributed by atoms with van der Waals surface area (Å²) >= 11 is 0. The first-order chi connectivity index (χ1) is 9.76. The number of ether oxygens (including phenoxy) is 1. The van der Waals surface area contributed by atoms with Gasteiger partial charge in [0.05, 0.1) is 13.2 Å². The van der Waals surface area contributed by atoms with Gasteiger partial charge in [-0.05, 0) is 35.6 Å². The molecule has 4 heteroatoms. The van der Waals surface area contributed by atoms with Crippen LogP contribution in [0.2, 0.25) is 0 Å². The van der Waals surface area contributed by atoms with E-state index in [1.807, 2.05) is 25.1 Å². The van der Waals surface area contributed by atoms with Gasteiger partial charge in [0.15, 0.2) is 0 Å². The van der Waals surface area contributed by atoms with E-state index < -0.39 is 0 Å². The summed E-state index contributed by atoms with van der Waals surface area (Å²) < 4.78 is 5.46. The average Bonchev–Trinajstić information content (AvgIpc) is 2.50. The van der Waals surface area contributed by atoms with Crippen molar-refractivity contribution in [2.75, 3.05) is 13.2 Å². The molecule has 0 fully saturated rings. The van der Waals surface area contributed by atoms with E-state index >= 15 is 0 Å². The smallest absolute Gasteiger partial charge is 0.261 e. The van der Waals surface area contributed by atoms with Crippen molar-refractivity contribution in [2.24, 2.45) is 0 Å². The Balaban J connectivity index is 2.29. The highest BCUT2D eigenvalue weighted by molar-refractivity contribution is 6.01. The molecule has 20 heavy (non-hydrogen) atoms. The highest BCUT2D eigenvalue weighted by Crippen LogP contribution is 2.22. The molecule has 0 unspecified atom stereocenters. The van der Waals surface area contributed by atoms with E-state index in [0.717, 1.165) is 30.6 Å². The highest BCUT2D eigenvalue weighted by atomic mass is 16.5. The van der Waals surface area contributed by atoms with Crippen molar-refractivity contribution in [3.63, 3.8) is 0 Å². The largest absolute Gasteiger partial charge is 0.376 e. The molecule has 0 radical (unpaired) electrons. The maximum Gasteiger partial charge on any atom is 0.261 e. The molecule has 1 aliphatic rings. The third-order valence-electron chi connectivity index (χ3n) is 3.27. The van der Waals surface area contributed by atoms with Crippen LogP contribution in [0.25, 0.3) is 6.08 Å². The number of amides is 1. The molecular formula is C16H18N2O2. The van der Waals surface area contributed by atoms with Crippen molar-refractivity contribution in [2.45, 2.75) is 26.4 Å². The van der Waals surface area contributed by atoms with Crippen molar-refractivity contribution < 1.29 is 9.53 Å². The topological polar surface area (TPSA) is 62.1 Å². The normalized spacial score (nSPS) is 14.3. The van der Waals surface area contributed by atoms with Crippen LogP contribution in [0.4, 0.5) is 0 Å². The number of carbonyl (C=O) groups excluding carboxylic acids is 1. The second-order valence-corrected chi connectivity index (χ2v) is 4.71. The molecule has 0 saturated carbocycles. The van der Waals surface area contributed by atoms with Crippen LogP contribution in [0.1, 0.15) is 30.0 Å². The van der Waals surface area contributed by atoms with Crippen LogP contribution >= 0.6 is 0 Å². The van der Waals surface area contributed by atoms with Crippen LogP contribution in [0, 0.1) is 11.3 Å². The molecule has 0 aromatic heterocycles. The minimum absolute atomic E-state index is 0.137. The summed E-state index contributed by atoms with van der Waals surface area (Å²) in [6.07, 6.45) is 3.37. The number of rotatable bonds is 4. The lowest BCUT2D eigenvalue weighted by atomic mass is 9.96. The van der Waals surface area contributed by atoms with E-state index in [1.165, 1.54) is 5.56 Å². The number of hydrogen-bond donors (Lipinski definition) is 1. The van der Waals surface area contributed by atoms with Crippen LogP contribution in [0.5, 0.6) is 0 Å². The monoisotopic (exact) mass is 270 g/mol. The fraction of sp³-hybridized carbons (Fsp3) is 0.375. The van der Waals surface area contributed by atoms with Gasteiger partial charge in [0.1, 0.15) is 11.6 Å². The molecule has 1 aliphatic heterocycles.